The van der Waals surface area contributed by atoms with Crippen LogP contribution in [0.3, 0.4) is 0 Å². The lowest BCUT2D eigenvalue weighted by Crippen LogP contribution is -2.16. The molecule has 5 rings (SSSR count). The fourth-order valence-electron chi connectivity index (χ4n) is 5.40. The summed E-state index contributed by atoms with van der Waals surface area (Å²) >= 11 is 0. The van der Waals surface area contributed by atoms with Gasteiger partial charge in [-0.15, -0.1) is 0 Å². The quantitative estimate of drug-likeness (QED) is 0.106. The van der Waals surface area contributed by atoms with E-state index in [2.05, 4.69) is 0 Å². The molecule has 40 heavy (non-hydrogen) atoms. The Morgan fingerprint density at radius 2 is 0.900 bits per heavy atom. The Labute approximate surface area is 228 Å². The van der Waals surface area contributed by atoms with Crippen LogP contribution in [0.4, 0.5) is 0 Å². The highest BCUT2D eigenvalue weighted by Gasteiger charge is 2.18. The van der Waals surface area contributed by atoms with Crippen LogP contribution in [-0.4, -0.2) is 41.0 Å². The topological polar surface area (TPSA) is 159 Å². The van der Waals surface area contributed by atoms with Crippen molar-refractivity contribution >= 4 is 58.8 Å². The second kappa shape index (κ2) is 11.1. The highest BCUT2D eigenvalue weighted by atomic mass is 31.2. The minimum atomic E-state index is -4.13. The lowest BCUT2D eigenvalue weighted by Gasteiger charge is -2.19. The van der Waals surface area contributed by atoms with Crippen LogP contribution in [0.1, 0.15) is 25.7 Å². The number of benzene rings is 3. The largest absolute Gasteiger partial charge is 0.340 e. The van der Waals surface area contributed by atoms with Crippen molar-refractivity contribution < 1.29 is 28.7 Å². The molecule has 210 valence electrons. The van der Waals surface area contributed by atoms with Gasteiger partial charge in [-0.3, -0.25) is 18.7 Å². The number of hydrogen-bond donors (Lipinski definition) is 4. The van der Waals surface area contributed by atoms with Gasteiger partial charge in [-0.05, 0) is 62.1 Å². The summed E-state index contributed by atoms with van der Waals surface area (Å²) in [5.74, 6) is 0. The van der Waals surface area contributed by atoms with E-state index in [1.54, 1.807) is 36.4 Å². The van der Waals surface area contributed by atoms with Crippen LogP contribution >= 0.6 is 15.2 Å². The van der Waals surface area contributed by atoms with Crippen molar-refractivity contribution in [3.63, 3.8) is 0 Å². The number of aryl methyl sites for hydroxylation is 2. The lowest BCUT2D eigenvalue weighted by atomic mass is 10.0. The molecular formula is C28H30N2O8P2. The summed E-state index contributed by atoms with van der Waals surface area (Å²) in [5, 5.41) is 1.83. The first-order valence-electron chi connectivity index (χ1n) is 13.0. The first-order valence-corrected chi connectivity index (χ1v) is 16.6. The van der Waals surface area contributed by atoms with Crippen LogP contribution in [0.15, 0.2) is 70.3 Å². The molecule has 0 aliphatic carbocycles. The van der Waals surface area contributed by atoms with E-state index >= 15 is 0 Å². The van der Waals surface area contributed by atoms with Crippen molar-refractivity contribution in [2.75, 3.05) is 12.3 Å². The van der Waals surface area contributed by atoms with Crippen LogP contribution < -0.4 is 10.9 Å². The Morgan fingerprint density at radius 3 is 1.27 bits per heavy atom. The first kappa shape index (κ1) is 28.4. The Morgan fingerprint density at radius 1 is 0.525 bits per heavy atom. The number of para-hydroxylation sites is 2. The maximum Gasteiger partial charge on any atom is 0.325 e. The Balaban J connectivity index is 1.73. The second-order valence-corrected chi connectivity index (χ2v) is 13.6. The van der Waals surface area contributed by atoms with Crippen molar-refractivity contribution in [3.05, 3.63) is 81.1 Å². The number of pyridine rings is 2. The summed E-state index contributed by atoms with van der Waals surface area (Å²) in [6.07, 6.45) is 1.06. The average Bonchev–Trinajstić information content (AvgIpc) is 2.90. The molecule has 2 heterocycles. The third-order valence-corrected chi connectivity index (χ3v) is 9.02. The van der Waals surface area contributed by atoms with Gasteiger partial charge in [0.05, 0.1) is 22.1 Å². The predicted molar refractivity (Wildman–Crippen MR) is 157 cm³/mol. The maximum absolute atomic E-state index is 13.7. The van der Waals surface area contributed by atoms with Crippen LogP contribution in [0.5, 0.6) is 0 Å². The van der Waals surface area contributed by atoms with Crippen LogP contribution in [-0.2, 0) is 22.2 Å². The number of fused-ring (bicyclic) bond motifs is 4. The van der Waals surface area contributed by atoms with Gasteiger partial charge in [-0.1, -0.05) is 24.3 Å². The van der Waals surface area contributed by atoms with E-state index in [1.165, 1.54) is 0 Å². The molecule has 5 aromatic rings. The Bertz CT molecular complexity index is 1830. The van der Waals surface area contributed by atoms with Gasteiger partial charge in [0.1, 0.15) is 0 Å². The normalized spacial score (nSPS) is 12.7. The van der Waals surface area contributed by atoms with Crippen molar-refractivity contribution in [2.45, 2.75) is 38.8 Å². The Kier molecular flexibility index (Phi) is 7.86. The molecule has 0 fully saturated rings. The third kappa shape index (κ3) is 5.84. The highest BCUT2D eigenvalue weighted by molar-refractivity contribution is 7.52. The summed E-state index contributed by atoms with van der Waals surface area (Å²) in [4.78, 5) is 64.4. The minimum Gasteiger partial charge on any atom is -0.340 e. The van der Waals surface area contributed by atoms with E-state index in [1.807, 2.05) is 33.4 Å². The smallest absolute Gasteiger partial charge is 0.325 e. The van der Waals surface area contributed by atoms with Crippen molar-refractivity contribution in [2.24, 2.45) is 0 Å². The predicted octanol–water partition coefficient (Wildman–Crippen LogP) is 4.54. The zero-order valence-electron chi connectivity index (χ0n) is 21.6. The summed E-state index contributed by atoms with van der Waals surface area (Å²) in [7, 11) is -8.25. The molecule has 0 aliphatic rings. The molecule has 0 atom stereocenters. The van der Waals surface area contributed by atoms with Crippen LogP contribution in [0.25, 0.3) is 43.6 Å². The second-order valence-electron chi connectivity index (χ2n) is 10.1. The summed E-state index contributed by atoms with van der Waals surface area (Å²) in [6, 6.07) is 17.8. The van der Waals surface area contributed by atoms with Crippen molar-refractivity contribution in [3.8, 4) is 0 Å². The van der Waals surface area contributed by atoms with Crippen molar-refractivity contribution in [1.29, 1.82) is 0 Å². The zero-order valence-corrected chi connectivity index (χ0v) is 23.4. The number of unbranched alkanes of at least 4 members (excludes halogenated alkanes) is 2. The van der Waals surface area contributed by atoms with Crippen LogP contribution in [0.2, 0.25) is 0 Å². The molecule has 0 saturated heterocycles. The molecule has 3 aromatic carbocycles. The van der Waals surface area contributed by atoms with Gasteiger partial charge < -0.3 is 28.7 Å². The molecule has 0 unspecified atom stereocenters. The van der Waals surface area contributed by atoms with E-state index in [9.17, 15) is 38.3 Å². The van der Waals surface area contributed by atoms with E-state index in [-0.39, 0.29) is 23.2 Å². The van der Waals surface area contributed by atoms with Gasteiger partial charge in [0.15, 0.2) is 10.9 Å². The lowest BCUT2D eigenvalue weighted by molar-refractivity contribution is 0.368. The summed E-state index contributed by atoms with van der Waals surface area (Å²) < 4.78 is 26.6. The van der Waals surface area contributed by atoms with E-state index < -0.39 is 15.2 Å². The maximum atomic E-state index is 13.7. The zero-order chi connectivity index (χ0) is 28.7. The molecule has 2 aromatic heterocycles. The van der Waals surface area contributed by atoms with Gasteiger partial charge in [-0.2, -0.15) is 0 Å². The Hall–Kier alpha value is -3.10. The molecular weight excluding hydrogens is 554 g/mol. The fourth-order valence-corrected chi connectivity index (χ4v) is 6.67. The number of hydrogen-bond acceptors (Lipinski definition) is 4. The highest BCUT2D eigenvalue weighted by Crippen LogP contribution is 2.36. The van der Waals surface area contributed by atoms with E-state index in [4.69, 9.17) is 0 Å². The molecule has 12 heteroatoms. The molecule has 0 bridgehead atoms. The average molecular weight is 585 g/mol. The third-order valence-electron chi connectivity index (χ3n) is 7.23. The van der Waals surface area contributed by atoms with Gasteiger partial charge in [0, 0.05) is 47.0 Å². The monoisotopic (exact) mass is 584 g/mol. The molecule has 10 nitrogen and oxygen atoms in total. The van der Waals surface area contributed by atoms with Gasteiger partial charge in [0.2, 0.25) is 0 Å². The number of rotatable bonds is 10. The number of aromatic nitrogens is 2. The van der Waals surface area contributed by atoms with Gasteiger partial charge >= 0.3 is 15.2 Å². The van der Waals surface area contributed by atoms with E-state index in [0.29, 0.717) is 82.4 Å². The summed E-state index contributed by atoms with van der Waals surface area (Å²) in [6.45, 7) is 0.792. The molecule has 0 aliphatic heterocycles. The molecule has 0 radical (unpaired) electrons. The minimum absolute atomic E-state index is 0.187. The van der Waals surface area contributed by atoms with Crippen molar-refractivity contribution in [1.82, 2.24) is 9.13 Å². The van der Waals surface area contributed by atoms with E-state index in [0.717, 1.165) is 0 Å². The fraction of sp³-hybridized carbons (Fsp3) is 0.286. The molecule has 4 N–H and O–H groups in total. The first-order chi connectivity index (χ1) is 18.9. The van der Waals surface area contributed by atoms with Gasteiger partial charge in [-0.25, -0.2) is 0 Å². The van der Waals surface area contributed by atoms with Crippen LogP contribution in [0, 0.1) is 0 Å². The SMILES string of the molecule is O=c1c2ccccc2n(CCCCP(=O)(O)O)c2cc3c(=O)c4ccccc4n(CCCCP(=O)(O)O)c3cc12. The molecule has 0 amide bonds. The standard InChI is InChI=1S/C28H30N2O8P2/c31-27-19-9-1-3-11-23(19)29(13-5-7-15-39(33,34)35)25-18-22-26(17-21(25)27)30(14-6-8-16-40(36,37)38)24-12-4-2-10-20(24)28(22)32/h1-4,9-12,17-18H,5-8,13-16H2,(H2,33,34,35)(H2,36,37,38). The van der Waals surface area contributed by atoms with Gasteiger partial charge in [0.25, 0.3) is 0 Å². The summed E-state index contributed by atoms with van der Waals surface area (Å²) in [5.41, 5.74) is 2.10. The molecule has 0 saturated carbocycles. The molecule has 0 spiro atoms. The number of nitrogens with zero attached hydrogens (tertiary/aromatic N) is 2.